The van der Waals surface area contributed by atoms with E-state index in [1.807, 2.05) is 0 Å². The zero-order valence-corrected chi connectivity index (χ0v) is 3.93. The molecule has 0 aliphatic heterocycles. The van der Waals surface area contributed by atoms with E-state index in [-0.39, 0.29) is 6.61 Å². The van der Waals surface area contributed by atoms with Gasteiger partial charge in [-0.2, -0.15) is 0 Å². The molecule has 7 heavy (non-hydrogen) atoms. The minimum atomic E-state index is -0.468. The third-order valence-corrected chi connectivity index (χ3v) is 0.370. The maximum absolute atomic E-state index is 11.1. The Labute approximate surface area is 44.8 Å². The van der Waals surface area contributed by atoms with E-state index in [9.17, 15) is 4.39 Å². The molecule has 0 atom stereocenters. The second-order valence-corrected chi connectivity index (χ2v) is 0.888. The summed E-state index contributed by atoms with van der Waals surface area (Å²) < 4.78 is 15.6. The van der Waals surface area contributed by atoms with Crippen molar-refractivity contribution in [2.24, 2.45) is 0 Å². The summed E-state index contributed by atoms with van der Waals surface area (Å²) >= 11 is 0. The van der Waals surface area contributed by atoms with Crippen LogP contribution in [-0.4, -0.2) is 34.7 Å². The molecule has 0 bridgehead atoms. The molecule has 1 nitrogen and oxygen atoms in total. The fraction of sp³-hybridized carbons (Fsp3) is 1.00. The van der Waals surface area contributed by atoms with Crippen LogP contribution in [0.3, 0.4) is 0 Å². The van der Waals surface area contributed by atoms with Crippen LogP contribution in [-0.2, 0) is 4.65 Å². The van der Waals surface area contributed by atoms with Crippen molar-refractivity contribution in [1.29, 1.82) is 0 Å². The normalized spacial score (nSPS) is 7.57. The van der Waals surface area contributed by atoms with Crippen LogP contribution in [0.2, 0.25) is 0 Å². The third-order valence-electron chi connectivity index (χ3n) is 0.370. The van der Waals surface area contributed by atoms with E-state index in [0.717, 1.165) is 0 Å². The average molecular weight is 95.5 g/mol. The molecular formula is C2H4B3FO. The summed E-state index contributed by atoms with van der Waals surface area (Å²) in [6.07, 6.45) is 0. The molecule has 0 aromatic carbocycles. The first kappa shape index (κ1) is 6.92. The monoisotopic (exact) mass is 96.1 g/mol. The summed E-state index contributed by atoms with van der Waals surface area (Å²) in [5, 5.41) is 0. The van der Waals surface area contributed by atoms with E-state index in [1.165, 1.54) is 13.7 Å². The van der Waals surface area contributed by atoms with Gasteiger partial charge in [0, 0.05) is 0 Å². The minimum absolute atomic E-state index is 0.0910. The van der Waals surface area contributed by atoms with E-state index in [0.29, 0.717) is 0 Å². The Balaban J connectivity index is 2.69. The predicted molar refractivity (Wildman–Crippen MR) is 29.2 cm³/mol. The molecule has 0 amide bonds. The van der Waals surface area contributed by atoms with Gasteiger partial charge in [-0.3, -0.25) is 0 Å². The molecule has 0 aromatic heterocycles. The Morgan fingerprint density at radius 1 is 1.71 bits per heavy atom. The van der Waals surface area contributed by atoms with Crippen LogP contribution in [0.15, 0.2) is 0 Å². The number of hydrogen-bond acceptors (Lipinski definition) is 1. The molecule has 0 unspecified atom stereocenters. The van der Waals surface area contributed by atoms with Gasteiger partial charge in [-0.15, -0.1) is 0 Å². The van der Waals surface area contributed by atoms with Crippen LogP contribution < -0.4 is 0 Å². The van der Waals surface area contributed by atoms with Gasteiger partial charge in [0.25, 0.3) is 0 Å². The molecule has 0 N–H and O–H groups in total. The second-order valence-electron chi connectivity index (χ2n) is 0.888. The fourth-order valence-corrected chi connectivity index (χ4v) is 0.168. The molecular weight excluding hydrogens is 91.5 g/mol. The molecule has 0 spiro atoms. The van der Waals surface area contributed by atoms with Crippen LogP contribution in [0.25, 0.3) is 0 Å². The van der Waals surface area contributed by atoms with E-state index in [1.54, 1.807) is 0 Å². The van der Waals surface area contributed by atoms with Gasteiger partial charge >= 0.3 is 43.8 Å². The Morgan fingerprint density at radius 3 is 2.86 bits per heavy atom. The standard InChI is InChI=1S/C2H4B3FO/c3-4-5-7-2-1-6/h1-2H2. The summed E-state index contributed by atoms with van der Waals surface area (Å²) in [6, 6.07) is 0. The molecule has 0 aliphatic rings. The molecule has 0 saturated heterocycles. The number of hydrogen-bond donors (Lipinski definition) is 0. The summed E-state index contributed by atoms with van der Waals surface area (Å²) in [5.74, 6) is 0. The van der Waals surface area contributed by atoms with Crippen molar-refractivity contribution in [1.82, 2.24) is 0 Å². The van der Waals surface area contributed by atoms with Gasteiger partial charge in [-0.05, 0) is 0 Å². The molecule has 0 rings (SSSR count). The van der Waals surface area contributed by atoms with Crippen molar-refractivity contribution in [3.05, 3.63) is 0 Å². The van der Waals surface area contributed by atoms with Crippen molar-refractivity contribution < 1.29 is 9.04 Å². The van der Waals surface area contributed by atoms with Gasteiger partial charge in [0.15, 0.2) is 0 Å². The van der Waals surface area contributed by atoms with Crippen molar-refractivity contribution in [2.75, 3.05) is 13.3 Å². The molecule has 0 aromatic rings. The molecule has 0 saturated carbocycles. The number of rotatable bonds is 3. The van der Waals surface area contributed by atoms with Crippen molar-refractivity contribution in [2.45, 2.75) is 0 Å². The average Bonchev–Trinajstić information content (AvgIpc) is 1.69. The first-order valence-electron chi connectivity index (χ1n) is 1.96. The molecule has 0 aliphatic carbocycles. The summed E-state index contributed by atoms with van der Waals surface area (Å²) in [7, 11) is 6.09. The number of alkyl halides is 1. The third kappa shape index (κ3) is 5.92. The summed E-state index contributed by atoms with van der Waals surface area (Å²) in [5.41, 5.74) is 0. The Morgan fingerprint density at radius 2 is 2.43 bits per heavy atom. The van der Waals surface area contributed by atoms with Crippen molar-refractivity contribution >= 4 is 21.4 Å². The van der Waals surface area contributed by atoms with Crippen molar-refractivity contribution in [3.8, 4) is 0 Å². The topological polar surface area (TPSA) is 9.23 Å². The maximum atomic E-state index is 11.1. The first-order valence-corrected chi connectivity index (χ1v) is 1.96. The van der Waals surface area contributed by atoms with Gasteiger partial charge in [-0.1, -0.05) is 0 Å². The predicted octanol–water partition coefficient (Wildman–Crippen LogP) is -0.706. The summed E-state index contributed by atoms with van der Waals surface area (Å²) in [4.78, 5) is 0. The first-order chi connectivity index (χ1) is 3.41. The molecule has 5 heteroatoms. The molecule has 0 heterocycles. The Kier molecular flexibility index (Phi) is 5.86. The summed E-state index contributed by atoms with van der Waals surface area (Å²) in [6.45, 7) is 0.841. The van der Waals surface area contributed by atoms with Crippen molar-refractivity contribution in [3.63, 3.8) is 0 Å². The molecule has 34 valence electrons. The van der Waals surface area contributed by atoms with Gasteiger partial charge in [0.05, 0.1) is 0 Å². The van der Waals surface area contributed by atoms with Crippen LogP contribution in [0, 0.1) is 0 Å². The van der Waals surface area contributed by atoms with E-state index < -0.39 is 6.67 Å². The zero-order valence-electron chi connectivity index (χ0n) is 3.93. The quantitative estimate of drug-likeness (QED) is 0.333. The molecule has 0 fully saturated rings. The SMILES string of the molecule is [B]B=BOCCF. The van der Waals surface area contributed by atoms with E-state index in [4.69, 9.17) is 7.74 Å². The van der Waals surface area contributed by atoms with Crippen LogP contribution in [0.5, 0.6) is 0 Å². The van der Waals surface area contributed by atoms with Gasteiger partial charge in [0.1, 0.15) is 0 Å². The van der Waals surface area contributed by atoms with E-state index in [2.05, 4.69) is 4.65 Å². The van der Waals surface area contributed by atoms with Crippen LogP contribution >= 0.6 is 0 Å². The number of halogens is 1. The Hall–Kier alpha value is -0.0752. The van der Waals surface area contributed by atoms with Gasteiger partial charge in [0.2, 0.25) is 0 Å². The second kappa shape index (κ2) is 5.92. The van der Waals surface area contributed by atoms with Gasteiger partial charge < -0.3 is 0 Å². The Bertz CT molecular complexity index is 56.9. The van der Waals surface area contributed by atoms with Crippen LogP contribution in [0.4, 0.5) is 4.39 Å². The van der Waals surface area contributed by atoms with E-state index >= 15 is 0 Å². The zero-order chi connectivity index (χ0) is 5.54. The molecule has 2 radical (unpaired) electrons. The fourth-order valence-electron chi connectivity index (χ4n) is 0.168. The van der Waals surface area contributed by atoms with Crippen LogP contribution in [0.1, 0.15) is 0 Å². The van der Waals surface area contributed by atoms with Gasteiger partial charge in [-0.25, -0.2) is 0 Å².